The lowest BCUT2D eigenvalue weighted by atomic mass is 10.4. The van der Waals surface area contributed by atoms with Gasteiger partial charge in [-0.2, -0.15) is 0 Å². The monoisotopic (exact) mass is 348 g/mol. The van der Waals surface area contributed by atoms with E-state index in [9.17, 15) is 16.8 Å². The summed E-state index contributed by atoms with van der Waals surface area (Å²) in [5.41, 5.74) is 0. The summed E-state index contributed by atoms with van der Waals surface area (Å²) >= 11 is 0. The maximum absolute atomic E-state index is 12.1. The van der Waals surface area contributed by atoms with Gasteiger partial charge < -0.3 is 4.90 Å². The fourth-order valence-corrected chi connectivity index (χ4v) is 3.86. The molecule has 0 saturated carbocycles. The van der Waals surface area contributed by atoms with Crippen LogP contribution in [0.5, 0.6) is 0 Å². The molecule has 0 heterocycles. The van der Waals surface area contributed by atoms with Crippen molar-refractivity contribution in [1.82, 2.24) is 9.62 Å². The van der Waals surface area contributed by atoms with Crippen LogP contribution in [0.3, 0.4) is 0 Å². The zero-order chi connectivity index (χ0) is 16.8. The van der Waals surface area contributed by atoms with Gasteiger partial charge in [-0.25, -0.2) is 21.6 Å². The van der Waals surface area contributed by atoms with E-state index in [0.717, 1.165) is 13.1 Å². The van der Waals surface area contributed by atoms with Crippen LogP contribution in [0.2, 0.25) is 0 Å². The van der Waals surface area contributed by atoms with Crippen LogP contribution in [0.15, 0.2) is 34.1 Å². The number of likely N-dealkylation sites (N-methyl/N-ethyl adjacent to an activating group) is 1. The van der Waals surface area contributed by atoms with Crippen LogP contribution >= 0.6 is 0 Å². The van der Waals surface area contributed by atoms with Gasteiger partial charge in [0.15, 0.2) is 9.84 Å². The summed E-state index contributed by atoms with van der Waals surface area (Å²) < 4.78 is 50.2. The minimum Gasteiger partial charge on any atom is -0.303 e. The van der Waals surface area contributed by atoms with Crippen LogP contribution in [0.25, 0.3) is 0 Å². The van der Waals surface area contributed by atoms with Gasteiger partial charge in [0.1, 0.15) is 0 Å². The Morgan fingerprint density at radius 3 is 1.86 bits per heavy atom. The summed E-state index contributed by atoms with van der Waals surface area (Å²) in [5, 5.41) is 0. The number of hydrogen-bond donors (Lipinski definition) is 1. The Morgan fingerprint density at radius 2 is 1.41 bits per heavy atom. The molecule has 0 aliphatic heterocycles. The lowest BCUT2D eigenvalue weighted by Crippen LogP contribution is -2.34. The molecule has 126 valence electrons. The molecule has 0 fully saturated rings. The highest BCUT2D eigenvalue weighted by Crippen LogP contribution is 2.15. The molecule has 8 heteroatoms. The summed E-state index contributed by atoms with van der Waals surface area (Å²) in [6, 6.07) is 5.31. The van der Waals surface area contributed by atoms with Gasteiger partial charge in [0.05, 0.1) is 15.5 Å². The van der Waals surface area contributed by atoms with E-state index in [1.54, 1.807) is 6.92 Å². The molecule has 1 aromatic carbocycles. The fraction of sp³-hybridized carbons (Fsp3) is 0.571. The minimum atomic E-state index is -3.61. The number of nitrogens with one attached hydrogen (secondary N) is 1. The summed E-state index contributed by atoms with van der Waals surface area (Å²) in [6.45, 7) is 8.27. The second kappa shape index (κ2) is 8.05. The van der Waals surface area contributed by atoms with Gasteiger partial charge in [0.2, 0.25) is 10.0 Å². The molecule has 1 rings (SSSR count). The number of nitrogens with zero attached hydrogens (tertiary/aromatic N) is 1. The Labute approximate surface area is 133 Å². The Hall–Kier alpha value is -0.960. The third-order valence-electron chi connectivity index (χ3n) is 3.49. The van der Waals surface area contributed by atoms with Crippen LogP contribution in [0.1, 0.15) is 20.8 Å². The molecule has 0 aliphatic carbocycles. The van der Waals surface area contributed by atoms with Crippen LogP contribution in [0.4, 0.5) is 0 Å². The Bertz CT molecular complexity index is 663. The summed E-state index contributed by atoms with van der Waals surface area (Å²) in [4.78, 5) is 2.32. The van der Waals surface area contributed by atoms with E-state index in [0.29, 0.717) is 13.1 Å². The molecule has 0 aliphatic rings. The molecule has 0 radical (unpaired) electrons. The summed E-state index contributed by atoms with van der Waals surface area (Å²) in [7, 11) is -6.93. The van der Waals surface area contributed by atoms with E-state index in [-0.39, 0.29) is 15.5 Å². The maximum atomic E-state index is 12.1. The third kappa shape index (κ3) is 5.05. The number of sulfone groups is 1. The Kier molecular flexibility index (Phi) is 6.98. The van der Waals surface area contributed by atoms with Crippen LogP contribution in [-0.2, 0) is 19.9 Å². The predicted octanol–water partition coefficient (Wildman–Crippen LogP) is 1.10. The van der Waals surface area contributed by atoms with Crippen molar-refractivity contribution in [2.75, 3.05) is 31.9 Å². The van der Waals surface area contributed by atoms with Gasteiger partial charge in [0, 0.05) is 13.1 Å². The van der Waals surface area contributed by atoms with Crippen LogP contribution in [-0.4, -0.2) is 53.7 Å². The van der Waals surface area contributed by atoms with Gasteiger partial charge >= 0.3 is 0 Å². The second-order valence-electron chi connectivity index (χ2n) is 4.80. The second-order valence-corrected chi connectivity index (χ2v) is 8.84. The van der Waals surface area contributed by atoms with Crippen molar-refractivity contribution in [3.63, 3.8) is 0 Å². The molecule has 22 heavy (non-hydrogen) atoms. The maximum Gasteiger partial charge on any atom is 0.240 e. The molecule has 0 saturated heterocycles. The topological polar surface area (TPSA) is 83.6 Å². The predicted molar refractivity (Wildman–Crippen MR) is 87.1 cm³/mol. The molecule has 6 nitrogen and oxygen atoms in total. The number of sulfonamides is 1. The van der Waals surface area contributed by atoms with Crippen molar-refractivity contribution in [2.45, 2.75) is 30.6 Å². The molecule has 0 amide bonds. The van der Waals surface area contributed by atoms with Crippen molar-refractivity contribution < 1.29 is 16.8 Å². The molecule has 0 atom stereocenters. The summed E-state index contributed by atoms with van der Waals surface area (Å²) in [6.07, 6.45) is 0. The lowest BCUT2D eigenvalue weighted by Gasteiger charge is -2.18. The molecule has 0 aromatic heterocycles. The van der Waals surface area contributed by atoms with E-state index in [2.05, 4.69) is 9.62 Å². The average Bonchev–Trinajstić information content (AvgIpc) is 2.51. The quantitative estimate of drug-likeness (QED) is 0.722. The van der Waals surface area contributed by atoms with Crippen LogP contribution < -0.4 is 4.72 Å². The number of benzene rings is 1. The van der Waals surface area contributed by atoms with Gasteiger partial charge in [-0.05, 0) is 37.4 Å². The molecule has 0 bridgehead atoms. The first-order valence-electron chi connectivity index (χ1n) is 7.31. The average molecular weight is 348 g/mol. The van der Waals surface area contributed by atoms with Crippen LogP contribution in [0, 0.1) is 0 Å². The highest BCUT2D eigenvalue weighted by atomic mass is 32.2. The van der Waals surface area contributed by atoms with Gasteiger partial charge in [-0.1, -0.05) is 20.8 Å². The molecular weight excluding hydrogens is 324 g/mol. The minimum absolute atomic E-state index is 0.0127. The van der Waals surface area contributed by atoms with E-state index >= 15 is 0 Å². The molecule has 1 aromatic rings. The Balaban J connectivity index is 2.78. The SMILES string of the molecule is CCN(CC)CCNS(=O)(=O)c1ccc(S(=O)(=O)CC)cc1. The van der Waals surface area contributed by atoms with Gasteiger partial charge in [-0.15, -0.1) is 0 Å². The number of rotatable bonds is 9. The van der Waals surface area contributed by atoms with E-state index in [4.69, 9.17) is 0 Å². The van der Waals surface area contributed by atoms with Crippen molar-refractivity contribution in [1.29, 1.82) is 0 Å². The van der Waals surface area contributed by atoms with E-state index in [1.807, 2.05) is 13.8 Å². The zero-order valence-electron chi connectivity index (χ0n) is 13.2. The first-order valence-corrected chi connectivity index (χ1v) is 10.4. The van der Waals surface area contributed by atoms with Gasteiger partial charge in [-0.3, -0.25) is 0 Å². The first kappa shape index (κ1) is 19.1. The largest absolute Gasteiger partial charge is 0.303 e. The molecule has 0 spiro atoms. The fourth-order valence-electron chi connectivity index (χ4n) is 1.95. The van der Waals surface area contributed by atoms with E-state index < -0.39 is 19.9 Å². The van der Waals surface area contributed by atoms with Gasteiger partial charge in [0.25, 0.3) is 0 Å². The highest BCUT2D eigenvalue weighted by Gasteiger charge is 2.16. The molecule has 0 unspecified atom stereocenters. The smallest absolute Gasteiger partial charge is 0.240 e. The summed E-state index contributed by atoms with van der Waals surface area (Å²) in [5.74, 6) is -0.0127. The highest BCUT2D eigenvalue weighted by molar-refractivity contribution is 7.91. The van der Waals surface area contributed by atoms with Crippen molar-refractivity contribution in [3.8, 4) is 0 Å². The number of hydrogen-bond acceptors (Lipinski definition) is 5. The zero-order valence-corrected chi connectivity index (χ0v) is 14.9. The normalized spacial score (nSPS) is 12.7. The molecule has 1 N–H and O–H groups in total. The Morgan fingerprint density at radius 1 is 0.909 bits per heavy atom. The standard InChI is InChI=1S/C14H24N2O4S2/c1-4-16(5-2)12-11-15-22(19,20)14-9-7-13(8-10-14)21(17,18)6-3/h7-10,15H,4-6,11-12H2,1-3H3. The first-order chi connectivity index (χ1) is 10.3. The lowest BCUT2D eigenvalue weighted by molar-refractivity contribution is 0.309. The van der Waals surface area contributed by atoms with E-state index in [1.165, 1.54) is 24.3 Å². The molecular formula is C14H24N2O4S2. The third-order valence-corrected chi connectivity index (χ3v) is 6.72. The van der Waals surface area contributed by atoms with Crippen molar-refractivity contribution in [3.05, 3.63) is 24.3 Å². The van der Waals surface area contributed by atoms with Crippen molar-refractivity contribution in [2.24, 2.45) is 0 Å². The van der Waals surface area contributed by atoms with Crippen molar-refractivity contribution >= 4 is 19.9 Å².